The van der Waals surface area contributed by atoms with E-state index in [0.29, 0.717) is 0 Å². The smallest absolute Gasteiger partial charge is 0.0314 e. The Hall–Kier alpha value is -0.810. The Kier molecular flexibility index (Phi) is 2.08. The van der Waals surface area contributed by atoms with E-state index in [4.69, 9.17) is 5.73 Å². The van der Waals surface area contributed by atoms with E-state index >= 15 is 0 Å². The molecule has 1 aromatic rings. The number of nitrogens with two attached hydrogens (primary N) is 1. The Labute approximate surface area is 63.1 Å². The molecule has 0 atom stereocenters. The van der Waals surface area contributed by atoms with Crippen molar-refractivity contribution in [2.24, 2.45) is 0 Å². The second kappa shape index (κ2) is 2.85. The van der Waals surface area contributed by atoms with Gasteiger partial charge in [-0.15, -0.1) is 8.86 Å². The van der Waals surface area contributed by atoms with Crippen molar-refractivity contribution in [1.82, 2.24) is 0 Å². The first kappa shape index (κ1) is 7.30. The van der Waals surface area contributed by atoms with Crippen LogP contribution in [0, 0.1) is 0 Å². The summed E-state index contributed by atoms with van der Waals surface area (Å²) in [6.07, 6.45) is 0. The first-order chi connectivity index (χ1) is 4.70. The number of rotatable bonds is 1. The molecule has 0 aliphatic rings. The third kappa shape index (κ3) is 1.58. The summed E-state index contributed by atoms with van der Waals surface area (Å²) >= 11 is 0. The lowest BCUT2D eigenvalue weighted by atomic mass is 10.1. The number of nitrogen functional groups attached to an aromatic ring is 1. The fraction of sp³-hybridized carbons (Fsp3) is 0.125. The van der Waals surface area contributed by atoms with Gasteiger partial charge in [-0.05, 0) is 29.9 Å². The monoisotopic (exact) mass is 151 g/mol. The number of hydrogen-bond donors (Lipinski definition) is 1. The zero-order chi connectivity index (χ0) is 7.56. The van der Waals surface area contributed by atoms with Crippen LogP contribution >= 0.6 is 8.86 Å². The highest BCUT2D eigenvalue weighted by Gasteiger charge is 1.90. The lowest BCUT2D eigenvalue weighted by Gasteiger charge is -1.97. The van der Waals surface area contributed by atoms with E-state index in [1.54, 1.807) is 0 Å². The van der Waals surface area contributed by atoms with Crippen LogP contribution in [-0.4, -0.2) is 5.29 Å². The molecule has 0 unspecified atom stereocenters. The first-order valence-corrected chi connectivity index (χ1v) is 3.61. The Bertz CT molecular complexity index is 238. The van der Waals surface area contributed by atoms with Crippen LogP contribution in [0.2, 0.25) is 0 Å². The van der Waals surface area contributed by atoms with Crippen LogP contribution in [0.25, 0.3) is 0 Å². The lowest BCUT2D eigenvalue weighted by molar-refractivity contribution is 1.64. The zero-order valence-corrected chi connectivity index (χ0v) is 6.89. The maximum atomic E-state index is 5.50. The van der Waals surface area contributed by atoms with Crippen molar-refractivity contribution < 1.29 is 0 Å². The molecule has 0 aliphatic heterocycles. The summed E-state index contributed by atoms with van der Waals surface area (Å²) in [5.41, 5.74) is 7.48. The van der Waals surface area contributed by atoms with E-state index in [0.717, 1.165) is 11.0 Å². The van der Waals surface area contributed by atoms with Gasteiger partial charge in [0.05, 0.1) is 0 Å². The van der Waals surface area contributed by atoms with E-state index < -0.39 is 0 Å². The summed E-state index contributed by atoms with van der Waals surface area (Å²) in [6.45, 7) is 2.00. The molecular formula is C8H10NP. The van der Waals surface area contributed by atoms with Crippen LogP contribution < -0.4 is 5.73 Å². The molecule has 0 heterocycles. The van der Waals surface area contributed by atoms with Gasteiger partial charge >= 0.3 is 0 Å². The van der Waals surface area contributed by atoms with Gasteiger partial charge in [-0.2, -0.15) is 0 Å². The maximum absolute atomic E-state index is 5.50. The van der Waals surface area contributed by atoms with Crippen molar-refractivity contribution in [3.05, 3.63) is 29.8 Å². The van der Waals surface area contributed by atoms with Crippen molar-refractivity contribution in [2.75, 3.05) is 5.73 Å². The van der Waals surface area contributed by atoms with Crippen molar-refractivity contribution in [2.45, 2.75) is 6.92 Å². The minimum atomic E-state index is 0.802. The topological polar surface area (TPSA) is 26.0 Å². The fourth-order valence-electron chi connectivity index (χ4n) is 0.733. The molecule has 0 aliphatic carbocycles. The summed E-state index contributed by atoms with van der Waals surface area (Å²) in [4.78, 5) is 0. The molecule has 0 fully saturated rings. The Morgan fingerprint density at radius 3 is 2.20 bits per heavy atom. The van der Waals surface area contributed by atoms with Crippen LogP contribution in [0.15, 0.2) is 24.3 Å². The van der Waals surface area contributed by atoms with Crippen LogP contribution in [0.5, 0.6) is 0 Å². The zero-order valence-electron chi connectivity index (χ0n) is 5.89. The molecule has 2 heteroatoms. The van der Waals surface area contributed by atoms with Gasteiger partial charge in [-0.1, -0.05) is 12.1 Å². The minimum absolute atomic E-state index is 0.802. The summed E-state index contributed by atoms with van der Waals surface area (Å²) in [5, 5.41) is 1.13. The van der Waals surface area contributed by atoms with Crippen LogP contribution in [-0.2, 0) is 0 Å². The van der Waals surface area contributed by atoms with E-state index in [1.165, 1.54) is 5.56 Å². The van der Waals surface area contributed by atoms with Crippen molar-refractivity contribution in [1.29, 1.82) is 0 Å². The molecular weight excluding hydrogens is 141 g/mol. The number of benzene rings is 1. The maximum Gasteiger partial charge on any atom is 0.0314 e. The van der Waals surface area contributed by atoms with Crippen LogP contribution in [0.3, 0.4) is 0 Å². The Balaban J connectivity index is 3.00. The lowest BCUT2D eigenvalue weighted by Crippen LogP contribution is -1.90. The van der Waals surface area contributed by atoms with Crippen LogP contribution in [0.1, 0.15) is 12.5 Å². The standard InChI is InChI=1S/C8H10NP/c1-6(10)7-2-4-8(9)5-3-7/h2-5,10H,9H2,1H3. The van der Waals surface area contributed by atoms with Gasteiger partial charge in [0, 0.05) is 5.69 Å². The second-order valence-corrected chi connectivity index (χ2v) is 3.00. The minimum Gasteiger partial charge on any atom is -0.399 e. The fourth-order valence-corrected chi connectivity index (χ4v) is 0.900. The van der Waals surface area contributed by atoms with Gasteiger partial charge in [0.15, 0.2) is 0 Å². The van der Waals surface area contributed by atoms with Gasteiger partial charge in [-0.3, -0.25) is 0 Å². The average molecular weight is 151 g/mol. The predicted molar refractivity (Wildman–Crippen MR) is 49.0 cm³/mol. The normalized spacial score (nSPS) is 9.30. The molecule has 10 heavy (non-hydrogen) atoms. The first-order valence-electron chi connectivity index (χ1n) is 3.11. The molecule has 0 radical (unpaired) electrons. The Morgan fingerprint density at radius 2 is 1.80 bits per heavy atom. The summed E-state index contributed by atoms with van der Waals surface area (Å²) in [6, 6.07) is 7.74. The van der Waals surface area contributed by atoms with Gasteiger partial charge in [-0.25, -0.2) is 0 Å². The Morgan fingerprint density at radius 1 is 1.30 bits per heavy atom. The summed E-state index contributed by atoms with van der Waals surface area (Å²) < 4.78 is 0. The molecule has 0 saturated heterocycles. The molecule has 1 aromatic carbocycles. The molecule has 1 rings (SSSR count). The number of hydrogen-bond acceptors (Lipinski definition) is 1. The molecule has 0 saturated carbocycles. The second-order valence-electron chi connectivity index (χ2n) is 2.25. The highest BCUT2D eigenvalue weighted by molar-refractivity contribution is 7.22. The molecule has 0 bridgehead atoms. The molecule has 2 N–H and O–H groups in total. The van der Waals surface area contributed by atoms with E-state index in [9.17, 15) is 0 Å². The molecule has 0 aromatic heterocycles. The largest absolute Gasteiger partial charge is 0.399 e. The molecule has 0 spiro atoms. The van der Waals surface area contributed by atoms with E-state index in [1.807, 2.05) is 31.2 Å². The van der Waals surface area contributed by atoms with Gasteiger partial charge in [0.2, 0.25) is 0 Å². The SMILES string of the molecule is CC(=P)c1ccc(N)cc1. The summed E-state index contributed by atoms with van der Waals surface area (Å²) in [7, 11) is 3.43. The average Bonchev–Trinajstić information content (AvgIpc) is 1.88. The van der Waals surface area contributed by atoms with Gasteiger partial charge < -0.3 is 5.73 Å². The van der Waals surface area contributed by atoms with E-state index in [-0.39, 0.29) is 0 Å². The predicted octanol–water partition coefficient (Wildman–Crippen LogP) is 1.95. The van der Waals surface area contributed by atoms with Crippen LogP contribution in [0.4, 0.5) is 5.69 Å². The highest BCUT2D eigenvalue weighted by atomic mass is 31.0. The van der Waals surface area contributed by atoms with Gasteiger partial charge in [0.1, 0.15) is 0 Å². The van der Waals surface area contributed by atoms with Crippen molar-refractivity contribution >= 4 is 19.8 Å². The molecule has 1 nitrogen and oxygen atoms in total. The quantitative estimate of drug-likeness (QED) is 0.481. The number of anilines is 1. The third-order valence-corrected chi connectivity index (χ3v) is 1.63. The van der Waals surface area contributed by atoms with E-state index in [2.05, 4.69) is 8.86 Å². The molecule has 52 valence electrons. The van der Waals surface area contributed by atoms with Gasteiger partial charge in [0.25, 0.3) is 0 Å². The summed E-state index contributed by atoms with van der Waals surface area (Å²) in [5.74, 6) is 0. The van der Waals surface area contributed by atoms with Crippen molar-refractivity contribution in [3.8, 4) is 0 Å². The molecule has 0 amide bonds. The third-order valence-electron chi connectivity index (χ3n) is 1.34. The highest BCUT2D eigenvalue weighted by Crippen LogP contribution is 2.06. The van der Waals surface area contributed by atoms with Crippen molar-refractivity contribution in [3.63, 3.8) is 0 Å².